The second-order valence-electron chi connectivity index (χ2n) is 5.45. The quantitative estimate of drug-likeness (QED) is 0.758. The molecule has 1 rings (SSSR count). The SMILES string of the molecule is CC(C)CC(CN)CN1CCCCCC1. The molecule has 15 heavy (non-hydrogen) atoms. The van der Waals surface area contributed by atoms with Crippen molar-refractivity contribution >= 4 is 0 Å². The lowest BCUT2D eigenvalue weighted by Gasteiger charge is -2.26. The molecule has 90 valence electrons. The number of rotatable bonds is 5. The average molecular weight is 212 g/mol. The number of hydrogen-bond donors (Lipinski definition) is 1. The summed E-state index contributed by atoms with van der Waals surface area (Å²) in [6.45, 7) is 9.28. The second kappa shape index (κ2) is 7.24. The molecule has 1 fully saturated rings. The van der Waals surface area contributed by atoms with E-state index in [1.165, 1.54) is 51.7 Å². The van der Waals surface area contributed by atoms with E-state index in [1.807, 2.05) is 0 Å². The van der Waals surface area contributed by atoms with Crippen molar-refractivity contribution in [3.8, 4) is 0 Å². The van der Waals surface area contributed by atoms with Gasteiger partial charge in [0.1, 0.15) is 0 Å². The van der Waals surface area contributed by atoms with Gasteiger partial charge in [0.15, 0.2) is 0 Å². The largest absolute Gasteiger partial charge is 0.330 e. The molecule has 2 nitrogen and oxygen atoms in total. The number of hydrogen-bond acceptors (Lipinski definition) is 2. The summed E-state index contributed by atoms with van der Waals surface area (Å²) in [5, 5.41) is 0. The molecule has 1 aliphatic rings. The standard InChI is InChI=1S/C13H28N2/c1-12(2)9-13(10-14)11-15-7-5-3-4-6-8-15/h12-13H,3-11,14H2,1-2H3. The zero-order valence-corrected chi connectivity index (χ0v) is 10.5. The van der Waals surface area contributed by atoms with Crippen LogP contribution in [0.2, 0.25) is 0 Å². The van der Waals surface area contributed by atoms with Crippen molar-refractivity contribution in [2.75, 3.05) is 26.2 Å². The van der Waals surface area contributed by atoms with Gasteiger partial charge in [-0.05, 0) is 50.7 Å². The molecule has 2 heteroatoms. The Bertz CT molecular complexity index is 149. The fraction of sp³-hybridized carbons (Fsp3) is 1.00. The summed E-state index contributed by atoms with van der Waals surface area (Å²) in [4.78, 5) is 2.63. The molecule has 0 spiro atoms. The third kappa shape index (κ3) is 5.53. The Hall–Kier alpha value is -0.0800. The van der Waals surface area contributed by atoms with Crippen LogP contribution in [-0.4, -0.2) is 31.1 Å². The molecule has 0 bridgehead atoms. The molecule has 1 atom stereocenters. The van der Waals surface area contributed by atoms with Crippen LogP contribution in [0.1, 0.15) is 46.0 Å². The molecule has 1 aliphatic heterocycles. The van der Waals surface area contributed by atoms with Crippen molar-refractivity contribution in [3.05, 3.63) is 0 Å². The van der Waals surface area contributed by atoms with Gasteiger partial charge in [0.05, 0.1) is 0 Å². The molecule has 0 aromatic carbocycles. The Morgan fingerprint density at radius 1 is 1.07 bits per heavy atom. The van der Waals surface area contributed by atoms with E-state index < -0.39 is 0 Å². The first kappa shape index (κ1) is 13.0. The van der Waals surface area contributed by atoms with Crippen LogP contribution in [0.25, 0.3) is 0 Å². The first-order valence-electron chi connectivity index (χ1n) is 6.64. The lowest BCUT2D eigenvalue weighted by atomic mass is 9.96. The predicted octanol–water partition coefficient (Wildman–Crippen LogP) is 2.48. The van der Waals surface area contributed by atoms with Gasteiger partial charge < -0.3 is 10.6 Å². The Balaban J connectivity index is 2.28. The maximum atomic E-state index is 5.85. The van der Waals surface area contributed by atoms with Crippen LogP contribution in [0.3, 0.4) is 0 Å². The lowest BCUT2D eigenvalue weighted by Crippen LogP contribution is -2.34. The van der Waals surface area contributed by atoms with Crippen LogP contribution >= 0.6 is 0 Å². The predicted molar refractivity (Wildman–Crippen MR) is 66.9 cm³/mol. The Morgan fingerprint density at radius 2 is 1.67 bits per heavy atom. The Kier molecular flexibility index (Phi) is 6.26. The number of nitrogens with zero attached hydrogens (tertiary/aromatic N) is 1. The highest BCUT2D eigenvalue weighted by Gasteiger charge is 2.15. The second-order valence-corrected chi connectivity index (χ2v) is 5.45. The van der Waals surface area contributed by atoms with E-state index in [9.17, 15) is 0 Å². The molecule has 2 N–H and O–H groups in total. The molecule has 0 radical (unpaired) electrons. The topological polar surface area (TPSA) is 29.3 Å². The van der Waals surface area contributed by atoms with Crippen LogP contribution in [0, 0.1) is 11.8 Å². The molecular weight excluding hydrogens is 184 g/mol. The number of nitrogens with two attached hydrogens (primary N) is 1. The van der Waals surface area contributed by atoms with E-state index in [0.717, 1.165) is 12.5 Å². The fourth-order valence-corrected chi connectivity index (χ4v) is 2.60. The van der Waals surface area contributed by atoms with Crippen LogP contribution in [-0.2, 0) is 0 Å². The zero-order valence-electron chi connectivity index (χ0n) is 10.5. The van der Waals surface area contributed by atoms with E-state index in [2.05, 4.69) is 18.7 Å². The van der Waals surface area contributed by atoms with Gasteiger partial charge in [-0.15, -0.1) is 0 Å². The van der Waals surface area contributed by atoms with Crippen molar-refractivity contribution in [1.29, 1.82) is 0 Å². The summed E-state index contributed by atoms with van der Waals surface area (Å²) in [7, 11) is 0. The van der Waals surface area contributed by atoms with Gasteiger partial charge in [0.25, 0.3) is 0 Å². The highest BCUT2D eigenvalue weighted by molar-refractivity contribution is 4.70. The average Bonchev–Trinajstić information content (AvgIpc) is 2.44. The van der Waals surface area contributed by atoms with Crippen molar-refractivity contribution in [2.24, 2.45) is 17.6 Å². The van der Waals surface area contributed by atoms with Crippen molar-refractivity contribution in [3.63, 3.8) is 0 Å². The van der Waals surface area contributed by atoms with E-state index >= 15 is 0 Å². The molecule has 0 saturated carbocycles. The summed E-state index contributed by atoms with van der Waals surface area (Å²) in [5.41, 5.74) is 5.85. The highest BCUT2D eigenvalue weighted by Crippen LogP contribution is 2.15. The Morgan fingerprint density at radius 3 is 2.13 bits per heavy atom. The van der Waals surface area contributed by atoms with E-state index in [1.54, 1.807) is 0 Å². The third-order valence-electron chi connectivity index (χ3n) is 3.35. The van der Waals surface area contributed by atoms with Gasteiger partial charge in [-0.1, -0.05) is 26.7 Å². The van der Waals surface area contributed by atoms with Crippen LogP contribution < -0.4 is 5.73 Å². The molecule has 1 unspecified atom stereocenters. The van der Waals surface area contributed by atoms with Gasteiger partial charge >= 0.3 is 0 Å². The zero-order chi connectivity index (χ0) is 11.1. The van der Waals surface area contributed by atoms with Crippen LogP contribution in [0.4, 0.5) is 0 Å². The van der Waals surface area contributed by atoms with Gasteiger partial charge in [0.2, 0.25) is 0 Å². The third-order valence-corrected chi connectivity index (χ3v) is 3.35. The van der Waals surface area contributed by atoms with Crippen molar-refractivity contribution in [2.45, 2.75) is 46.0 Å². The first-order valence-corrected chi connectivity index (χ1v) is 6.64. The molecule has 0 aromatic heterocycles. The summed E-state index contributed by atoms with van der Waals surface area (Å²) in [6, 6.07) is 0. The molecule has 1 heterocycles. The van der Waals surface area contributed by atoms with Crippen LogP contribution in [0.5, 0.6) is 0 Å². The molecule has 1 saturated heterocycles. The van der Waals surface area contributed by atoms with Gasteiger partial charge in [-0.3, -0.25) is 0 Å². The Labute approximate surface area is 95.2 Å². The van der Waals surface area contributed by atoms with Gasteiger partial charge in [-0.2, -0.15) is 0 Å². The fourth-order valence-electron chi connectivity index (χ4n) is 2.60. The van der Waals surface area contributed by atoms with Crippen LogP contribution in [0.15, 0.2) is 0 Å². The van der Waals surface area contributed by atoms with E-state index in [4.69, 9.17) is 5.73 Å². The summed E-state index contributed by atoms with van der Waals surface area (Å²) in [5.74, 6) is 1.49. The van der Waals surface area contributed by atoms with Gasteiger partial charge in [-0.25, -0.2) is 0 Å². The maximum absolute atomic E-state index is 5.85. The minimum absolute atomic E-state index is 0.711. The lowest BCUT2D eigenvalue weighted by molar-refractivity contribution is 0.224. The number of likely N-dealkylation sites (tertiary alicyclic amines) is 1. The van der Waals surface area contributed by atoms with Crippen molar-refractivity contribution in [1.82, 2.24) is 4.90 Å². The smallest absolute Gasteiger partial charge is 0.00218 e. The molecule has 0 aromatic rings. The summed E-state index contributed by atoms with van der Waals surface area (Å²) < 4.78 is 0. The maximum Gasteiger partial charge on any atom is 0.00218 e. The van der Waals surface area contributed by atoms with Gasteiger partial charge in [0, 0.05) is 6.54 Å². The minimum Gasteiger partial charge on any atom is -0.330 e. The van der Waals surface area contributed by atoms with E-state index in [0.29, 0.717) is 5.92 Å². The summed E-state index contributed by atoms with van der Waals surface area (Å²) in [6.07, 6.45) is 6.91. The van der Waals surface area contributed by atoms with E-state index in [-0.39, 0.29) is 0 Å². The van der Waals surface area contributed by atoms with Crippen molar-refractivity contribution < 1.29 is 0 Å². The minimum atomic E-state index is 0.711. The molecule has 0 amide bonds. The highest BCUT2D eigenvalue weighted by atomic mass is 15.1. The summed E-state index contributed by atoms with van der Waals surface area (Å²) >= 11 is 0. The molecular formula is C13H28N2. The normalized spacial score (nSPS) is 21.6. The molecule has 0 aliphatic carbocycles. The first-order chi connectivity index (χ1) is 7.22. The monoisotopic (exact) mass is 212 g/mol.